The van der Waals surface area contributed by atoms with Crippen LogP contribution in [0.2, 0.25) is 0 Å². The van der Waals surface area contributed by atoms with Gasteiger partial charge < -0.3 is 15.4 Å². The van der Waals surface area contributed by atoms with Gasteiger partial charge in [0.15, 0.2) is 0 Å². The summed E-state index contributed by atoms with van der Waals surface area (Å²) in [6.07, 6.45) is 1.72. The molecule has 0 aliphatic rings. The van der Waals surface area contributed by atoms with Crippen LogP contribution in [0.1, 0.15) is 5.56 Å². The van der Waals surface area contributed by atoms with Crippen molar-refractivity contribution in [2.24, 2.45) is 0 Å². The van der Waals surface area contributed by atoms with E-state index in [9.17, 15) is 4.79 Å². The lowest BCUT2D eigenvalue weighted by Crippen LogP contribution is -2.30. The molecule has 5 nitrogen and oxygen atoms in total. The van der Waals surface area contributed by atoms with Crippen molar-refractivity contribution in [1.82, 2.24) is 10.3 Å². The summed E-state index contributed by atoms with van der Waals surface area (Å²) in [6.45, 7) is 3.46. The molecule has 18 heavy (non-hydrogen) atoms. The monoisotopic (exact) mass is 295 g/mol. The van der Waals surface area contributed by atoms with Crippen LogP contribution in [-0.4, -0.2) is 37.7 Å². The van der Waals surface area contributed by atoms with Crippen LogP contribution in [0, 0.1) is 6.92 Å². The number of pyridine rings is 1. The number of hydrogen-bond acceptors (Lipinski definition) is 4. The van der Waals surface area contributed by atoms with Gasteiger partial charge >= 0.3 is 0 Å². The Kier molecular flexibility index (Phi) is 12.1. The quantitative estimate of drug-likeness (QED) is 0.779. The maximum absolute atomic E-state index is 11.4. The Labute approximate surface area is 120 Å². The number of aryl methyl sites for hydroxylation is 1. The standard InChI is InChI=1S/C11H17N3O2.2ClH/c1-9-3-4-10(13-7-9)14-11(15)8-12-5-6-16-2;;/h3-4,7,12H,5-6,8H2,1-2H3,(H,13,14,15);2*1H. The van der Waals surface area contributed by atoms with E-state index in [2.05, 4.69) is 15.6 Å². The summed E-state index contributed by atoms with van der Waals surface area (Å²) < 4.78 is 4.85. The Hall–Kier alpha value is -0.880. The number of anilines is 1. The van der Waals surface area contributed by atoms with Crippen molar-refractivity contribution in [3.8, 4) is 0 Å². The SMILES string of the molecule is COCCNCC(=O)Nc1ccc(C)cn1.Cl.Cl. The normalized spacial score (nSPS) is 9.00. The molecular formula is C11H19Cl2N3O2. The zero-order valence-corrected chi connectivity index (χ0v) is 12.1. The summed E-state index contributed by atoms with van der Waals surface area (Å²) in [7, 11) is 1.62. The van der Waals surface area contributed by atoms with E-state index in [0.717, 1.165) is 5.56 Å². The first-order chi connectivity index (χ1) is 7.72. The average molecular weight is 296 g/mol. The third-order valence-electron chi connectivity index (χ3n) is 1.95. The molecule has 1 heterocycles. The molecule has 0 atom stereocenters. The first kappa shape index (κ1) is 19.5. The van der Waals surface area contributed by atoms with Crippen LogP contribution in [0.3, 0.4) is 0 Å². The lowest BCUT2D eigenvalue weighted by molar-refractivity contribution is -0.115. The molecule has 0 unspecified atom stereocenters. The van der Waals surface area contributed by atoms with Crippen molar-refractivity contribution in [3.05, 3.63) is 23.9 Å². The van der Waals surface area contributed by atoms with Gasteiger partial charge in [0.2, 0.25) is 5.91 Å². The van der Waals surface area contributed by atoms with E-state index in [0.29, 0.717) is 19.0 Å². The van der Waals surface area contributed by atoms with Crippen LogP contribution in [0.15, 0.2) is 18.3 Å². The summed E-state index contributed by atoms with van der Waals surface area (Å²) in [5.41, 5.74) is 1.07. The molecule has 0 radical (unpaired) electrons. The molecule has 0 aliphatic carbocycles. The molecule has 1 rings (SSSR count). The molecule has 104 valence electrons. The van der Waals surface area contributed by atoms with E-state index in [1.807, 2.05) is 13.0 Å². The van der Waals surface area contributed by atoms with Crippen molar-refractivity contribution >= 4 is 36.5 Å². The lowest BCUT2D eigenvalue weighted by Gasteiger charge is -2.05. The van der Waals surface area contributed by atoms with Gasteiger partial charge in [-0.25, -0.2) is 4.98 Å². The number of nitrogens with zero attached hydrogens (tertiary/aromatic N) is 1. The van der Waals surface area contributed by atoms with Gasteiger partial charge in [0.1, 0.15) is 5.82 Å². The first-order valence-corrected chi connectivity index (χ1v) is 5.14. The van der Waals surface area contributed by atoms with Crippen molar-refractivity contribution < 1.29 is 9.53 Å². The molecule has 7 heteroatoms. The summed E-state index contributed by atoms with van der Waals surface area (Å²) >= 11 is 0. The Morgan fingerprint density at radius 3 is 2.67 bits per heavy atom. The Morgan fingerprint density at radius 2 is 2.11 bits per heavy atom. The molecule has 1 aromatic rings. The van der Waals surface area contributed by atoms with Crippen LogP contribution < -0.4 is 10.6 Å². The summed E-state index contributed by atoms with van der Waals surface area (Å²) in [5.74, 6) is 0.469. The highest BCUT2D eigenvalue weighted by molar-refractivity contribution is 5.91. The van der Waals surface area contributed by atoms with Gasteiger partial charge in [0.25, 0.3) is 0 Å². The number of aromatic nitrogens is 1. The molecule has 0 saturated heterocycles. The number of nitrogens with one attached hydrogen (secondary N) is 2. The number of hydrogen-bond donors (Lipinski definition) is 2. The fourth-order valence-corrected chi connectivity index (χ4v) is 1.10. The molecule has 0 spiro atoms. The van der Waals surface area contributed by atoms with Crippen molar-refractivity contribution in [2.75, 3.05) is 32.1 Å². The number of rotatable bonds is 6. The van der Waals surface area contributed by atoms with Crippen LogP contribution in [0.25, 0.3) is 0 Å². The van der Waals surface area contributed by atoms with Gasteiger partial charge in [0, 0.05) is 19.9 Å². The van der Waals surface area contributed by atoms with E-state index >= 15 is 0 Å². The Balaban J connectivity index is 0. The summed E-state index contributed by atoms with van der Waals surface area (Å²) in [4.78, 5) is 15.5. The second kappa shape index (κ2) is 11.2. The summed E-state index contributed by atoms with van der Waals surface area (Å²) in [5, 5.41) is 5.65. The maximum Gasteiger partial charge on any atom is 0.239 e. The molecule has 2 N–H and O–H groups in total. The second-order valence-electron chi connectivity index (χ2n) is 3.44. The minimum Gasteiger partial charge on any atom is -0.383 e. The average Bonchev–Trinajstić information content (AvgIpc) is 2.28. The van der Waals surface area contributed by atoms with E-state index in [-0.39, 0.29) is 37.3 Å². The number of carbonyl (C=O) groups is 1. The van der Waals surface area contributed by atoms with Crippen molar-refractivity contribution in [3.63, 3.8) is 0 Å². The van der Waals surface area contributed by atoms with E-state index in [1.165, 1.54) is 0 Å². The van der Waals surface area contributed by atoms with Gasteiger partial charge in [0.05, 0.1) is 13.2 Å². The van der Waals surface area contributed by atoms with Gasteiger partial charge in [-0.1, -0.05) is 6.07 Å². The molecule has 0 saturated carbocycles. The second-order valence-corrected chi connectivity index (χ2v) is 3.44. The Bertz CT molecular complexity index is 334. The zero-order chi connectivity index (χ0) is 11.8. The zero-order valence-electron chi connectivity index (χ0n) is 10.4. The van der Waals surface area contributed by atoms with E-state index in [4.69, 9.17) is 4.74 Å². The van der Waals surface area contributed by atoms with Gasteiger partial charge in [-0.15, -0.1) is 24.8 Å². The molecular weight excluding hydrogens is 277 g/mol. The molecule has 0 aliphatic heterocycles. The topological polar surface area (TPSA) is 63.2 Å². The van der Waals surface area contributed by atoms with E-state index < -0.39 is 0 Å². The minimum atomic E-state index is -0.104. The largest absolute Gasteiger partial charge is 0.383 e. The number of halogens is 2. The molecule has 0 fully saturated rings. The predicted molar refractivity (Wildman–Crippen MR) is 76.8 cm³/mol. The molecule has 1 aromatic heterocycles. The number of amides is 1. The highest BCUT2D eigenvalue weighted by Crippen LogP contribution is 2.02. The van der Waals surface area contributed by atoms with Crippen LogP contribution in [-0.2, 0) is 9.53 Å². The maximum atomic E-state index is 11.4. The molecule has 1 amide bonds. The number of carbonyl (C=O) groups excluding carboxylic acids is 1. The van der Waals surface area contributed by atoms with Gasteiger partial charge in [-0.2, -0.15) is 0 Å². The minimum absolute atomic E-state index is 0. The van der Waals surface area contributed by atoms with Crippen molar-refractivity contribution in [1.29, 1.82) is 0 Å². The lowest BCUT2D eigenvalue weighted by atomic mass is 10.3. The van der Waals surface area contributed by atoms with Crippen LogP contribution in [0.5, 0.6) is 0 Å². The van der Waals surface area contributed by atoms with E-state index in [1.54, 1.807) is 19.4 Å². The third-order valence-corrected chi connectivity index (χ3v) is 1.95. The highest BCUT2D eigenvalue weighted by Gasteiger charge is 2.01. The van der Waals surface area contributed by atoms with Gasteiger partial charge in [-0.05, 0) is 18.6 Å². The molecule has 0 aromatic carbocycles. The number of methoxy groups -OCH3 is 1. The predicted octanol–water partition coefficient (Wildman–Crippen LogP) is 1.41. The van der Waals surface area contributed by atoms with Crippen molar-refractivity contribution in [2.45, 2.75) is 6.92 Å². The fraction of sp³-hybridized carbons (Fsp3) is 0.455. The molecule has 0 bridgehead atoms. The first-order valence-electron chi connectivity index (χ1n) is 5.14. The van der Waals surface area contributed by atoms with Gasteiger partial charge in [-0.3, -0.25) is 4.79 Å². The summed E-state index contributed by atoms with van der Waals surface area (Å²) in [6, 6.07) is 3.68. The fourth-order valence-electron chi connectivity index (χ4n) is 1.10. The number of ether oxygens (including phenoxy) is 1. The van der Waals surface area contributed by atoms with Crippen LogP contribution >= 0.6 is 24.8 Å². The third kappa shape index (κ3) is 8.25. The highest BCUT2D eigenvalue weighted by atomic mass is 35.5. The smallest absolute Gasteiger partial charge is 0.239 e. The van der Waals surface area contributed by atoms with Crippen LogP contribution in [0.4, 0.5) is 5.82 Å². The Morgan fingerprint density at radius 1 is 1.39 bits per heavy atom.